The molecule has 2 aromatic carbocycles. The number of hydrogen-bond acceptors (Lipinski definition) is 9. The summed E-state index contributed by atoms with van der Waals surface area (Å²) < 4.78 is 73.2. The number of aromatic nitrogens is 2. The third-order valence-electron chi connectivity index (χ3n) is 5.85. The first-order valence-corrected chi connectivity index (χ1v) is 13.6. The van der Waals surface area contributed by atoms with Crippen LogP contribution in [0.4, 0.5) is 24.4 Å². The number of methoxy groups -OCH3 is 2. The van der Waals surface area contributed by atoms with Gasteiger partial charge >= 0.3 is 6.09 Å². The van der Waals surface area contributed by atoms with Crippen LogP contribution in [0.25, 0.3) is 0 Å². The first-order valence-electron chi connectivity index (χ1n) is 11.0. The van der Waals surface area contributed by atoms with Gasteiger partial charge in [0.2, 0.25) is 5.13 Å². The molecule has 0 radical (unpaired) electrons. The molecular formula is C22H22ClF2N5O6S2. The minimum absolute atomic E-state index is 0.0729. The smallest absolute Gasteiger partial charge is 0.407 e. The molecule has 0 bridgehead atoms. The third kappa shape index (κ3) is 5.39. The van der Waals surface area contributed by atoms with Gasteiger partial charge < -0.3 is 24.8 Å². The maximum Gasteiger partial charge on any atom is 0.407 e. The van der Waals surface area contributed by atoms with E-state index >= 15 is 8.78 Å². The Balaban J connectivity index is 1.71. The molecule has 2 N–H and O–H groups in total. The van der Waals surface area contributed by atoms with E-state index in [-0.39, 0.29) is 29.7 Å². The van der Waals surface area contributed by atoms with E-state index < -0.39 is 50.3 Å². The molecule has 11 nitrogen and oxygen atoms in total. The van der Waals surface area contributed by atoms with E-state index in [9.17, 15) is 13.2 Å². The van der Waals surface area contributed by atoms with Crippen molar-refractivity contribution in [1.29, 1.82) is 0 Å². The topological polar surface area (TPSA) is 134 Å². The Morgan fingerprint density at radius 3 is 2.68 bits per heavy atom. The molecule has 1 unspecified atom stereocenters. The van der Waals surface area contributed by atoms with Gasteiger partial charge in [-0.3, -0.25) is 0 Å². The summed E-state index contributed by atoms with van der Waals surface area (Å²) in [5.41, 5.74) is 0.165. The van der Waals surface area contributed by atoms with E-state index in [0.717, 1.165) is 17.3 Å². The first-order chi connectivity index (χ1) is 18.1. The van der Waals surface area contributed by atoms with Gasteiger partial charge in [-0.05, 0) is 18.6 Å². The minimum atomic E-state index is -4.90. The fourth-order valence-corrected chi connectivity index (χ4v) is 6.48. The molecule has 4 rings (SSSR count). The van der Waals surface area contributed by atoms with Crippen molar-refractivity contribution in [2.45, 2.75) is 23.9 Å². The number of carbonyl (C=O) groups is 1. The molecule has 1 saturated heterocycles. The Morgan fingerprint density at radius 1 is 1.32 bits per heavy atom. The second-order valence-electron chi connectivity index (χ2n) is 8.13. The normalized spacial score (nSPS) is 15.4. The predicted molar refractivity (Wildman–Crippen MR) is 136 cm³/mol. The zero-order chi connectivity index (χ0) is 27.6. The zero-order valence-electron chi connectivity index (χ0n) is 20.0. The SMILES string of the molecule is COc1ccc(CN(c2ncns2)S(=O)(=O)c2c(F)cc(NC3CCN(C(=O)O)C3)c(Cl)c2F)c(OC)c1. The van der Waals surface area contributed by atoms with Gasteiger partial charge in [-0.1, -0.05) is 11.6 Å². The Labute approximate surface area is 225 Å². The van der Waals surface area contributed by atoms with Gasteiger partial charge in [-0.15, -0.1) is 0 Å². The molecule has 1 aliphatic heterocycles. The number of carboxylic acid groups (broad SMARTS) is 1. The lowest BCUT2D eigenvalue weighted by molar-refractivity contribution is 0.155. The summed E-state index contributed by atoms with van der Waals surface area (Å²) in [6.45, 7) is -0.0918. The Hall–Kier alpha value is -3.43. The predicted octanol–water partition coefficient (Wildman–Crippen LogP) is 4.05. The second kappa shape index (κ2) is 11.1. The zero-order valence-corrected chi connectivity index (χ0v) is 22.4. The number of hydrogen-bond donors (Lipinski definition) is 2. The van der Waals surface area contributed by atoms with Crippen LogP contribution in [0.5, 0.6) is 11.5 Å². The van der Waals surface area contributed by atoms with Crippen molar-refractivity contribution in [3.8, 4) is 11.5 Å². The van der Waals surface area contributed by atoms with Crippen LogP contribution in [0, 0.1) is 11.6 Å². The average molecular weight is 590 g/mol. The Morgan fingerprint density at radius 2 is 2.08 bits per heavy atom. The van der Waals surface area contributed by atoms with Crippen LogP contribution in [0.3, 0.4) is 0 Å². The third-order valence-corrected chi connectivity index (χ3v) is 8.80. The maximum absolute atomic E-state index is 15.5. The van der Waals surface area contributed by atoms with Gasteiger partial charge in [0.05, 0.1) is 26.5 Å². The highest BCUT2D eigenvalue weighted by atomic mass is 35.5. The highest BCUT2D eigenvalue weighted by molar-refractivity contribution is 7.93. The fraction of sp³-hybridized carbons (Fsp3) is 0.318. The highest BCUT2D eigenvalue weighted by Crippen LogP contribution is 2.37. The molecule has 16 heteroatoms. The number of nitrogens with one attached hydrogen (secondary N) is 1. The average Bonchev–Trinajstić information content (AvgIpc) is 3.58. The standard InChI is InChI=1S/C22H22ClF2N5O6S2/c1-35-14-4-3-12(17(7-14)36-2)9-30(21-26-11-27-37-21)38(33,34)20-15(24)8-16(18(23)19(20)25)28-13-5-6-29(10-13)22(31)32/h3-4,7-8,11,13,28H,5-6,9-10H2,1-2H3,(H,31,32). The second-order valence-corrected chi connectivity index (χ2v) is 11.1. The summed E-state index contributed by atoms with van der Waals surface area (Å²) in [7, 11) is -2.07. The summed E-state index contributed by atoms with van der Waals surface area (Å²) in [6, 6.07) is 4.97. The Kier molecular flexibility index (Phi) is 8.08. The molecule has 1 fully saturated rings. The number of benzene rings is 2. The number of halogens is 3. The number of amides is 1. The lowest BCUT2D eigenvalue weighted by atomic mass is 10.2. The number of ether oxygens (including phenoxy) is 2. The quantitative estimate of drug-likeness (QED) is 0.354. The van der Waals surface area contributed by atoms with Gasteiger partial charge in [0.15, 0.2) is 10.7 Å². The van der Waals surface area contributed by atoms with Crippen LogP contribution in [0.2, 0.25) is 5.02 Å². The summed E-state index contributed by atoms with van der Waals surface area (Å²) in [4.78, 5) is 15.0. The van der Waals surface area contributed by atoms with Crippen molar-refractivity contribution < 1.29 is 36.6 Å². The largest absolute Gasteiger partial charge is 0.497 e. The molecule has 0 spiro atoms. The number of anilines is 2. The van der Waals surface area contributed by atoms with Crippen LogP contribution in [-0.2, 0) is 16.6 Å². The molecule has 1 amide bonds. The van der Waals surface area contributed by atoms with Gasteiger partial charge in [0.25, 0.3) is 10.0 Å². The fourth-order valence-electron chi connectivity index (χ4n) is 3.97. The molecule has 38 heavy (non-hydrogen) atoms. The molecule has 0 aliphatic carbocycles. The number of nitrogens with zero attached hydrogens (tertiary/aromatic N) is 4. The van der Waals surface area contributed by atoms with E-state index in [1.165, 1.54) is 20.3 Å². The van der Waals surface area contributed by atoms with Gasteiger partial charge in [0, 0.05) is 48.4 Å². The van der Waals surface area contributed by atoms with Crippen molar-refractivity contribution >= 4 is 50.1 Å². The summed E-state index contributed by atoms with van der Waals surface area (Å²) in [6.07, 6.45) is 0.368. The highest BCUT2D eigenvalue weighted by Gasteiger charge is 2.36. The monoisotopic (exact) mass is 589 g/mol. The van der Waals surface area contributed by atoms with E-state index in [2.05, 4.69) is 14.7 Å². The summed E-state index contributed by atoms with van der Waals surface area (Å²) in [5, 5.41) is 11.1. The Bertz CT molecular complexity index is 1440. The van der Waals surface area contributed by atoms with Crippen molar-refractivity contribution in [2.24, 2.45) is 0 Å². The van der Waals surface area contributed by atoms with E-state index in [0.29, 0.717) is 33.6 Å². The molecule has 1 aromatic heterocycles. The molecular weight excluding hydrogens is 568 g/mol. The van der Waals surface area contributed by atoms with Gasteiger partial charge in [-0.2, -0.15) is 4.37 Å². The summed E-state index contributed by atoms with van der Waals surface area (Å²) >= 11 is 6.86. The number of sulfonamides is 1. The summed E-state index contributed by atoms with van der Waals surface area (Å²) in [5.74, 6) is -2.16. The van der Waals surface area contributed by atoms with Crippen LogP contribution in [0.1, 0.15) is 12.0 Å². The number of rotatable bonds is 9. The molecule has 2 heterocycles. The van der Waals surface area contributed by atoms with Crippen molar-refractivity contribution in [2.75, 3.05) is 36.9 Å². The molecule has 0 saturated carbocycles. The molecule has 1 atom stereocenters. The van der Waals surface area contributed by atoms with E-state index in [1.54, 1.807) is 12.1 Å². The first kappa shape index (κ1) is 27.6. The van der Waals surface area contributed by atoms with Crippen LogP contribution in [-0.4, -0.2) is 67.2 Å². The van der Waals surface area contributed by atoms with Crippen molar-refractivity contribution in [3.63, 3.8) is 0 Å². The van der Waals surface area contributed by atoms with Crippen molar-refractivity contribution in [1.82, 2.24) is 14.3 Å². The van der Waals surface area contributed by atoms with Crippen LogP contribution in [0.15, 0.2) is 35.5 Å². The van der Waals surface area contributed by atoms with Crippen molar-refractivity contribution in [3.05, 3.63) is 52.8 Å². The molecule has 3 aromatic rings. The molecule has 1 aliphatic rings. The number of likely N-dealkylation sites (tertiary alicyclic amines) is 1. The van der Waals surface area contributed by atoms with Gasteiger partial charge in [0.1, 0.15) is 28.7 Å². The lowest BCUT2D eigenvalue weighted by Gasteiger charge is -2.24. The minimum Gasteiger partial charge on any atom is -0.497 e. The molecule has 204 valence electrons. The van der Waals surface area contributed by atoms with E-state index in [4.69, 9.17) is 26.2 Å². The van der Waals surface area contributed by atoms with E-state index in [1.807, 2.05) is 0 Å². The van der Waals surface area contributed by atoms with Gasteiger partial charge in [-0.25, -0.2) is 31.3 Å². The van der Waals surface area contributed by atoms with Crippen LogP contribution >= 0.6 is 23.1 Å². The van der Waals surface area contributed by atoms with Crippen LogP contribution < -0.4 is 19.1 Å². The maximum atomic E-state index is 15.5. The lowest BCUT2D eigenvalue weighted by Crippen LogP contribution is -2.32.